The van der Waals surface area contributed by atoms with Crippen molar-refractivity contribution in [2.45, 2.75) is 26.0 Å². The molecule has 0 amide bonds. The first kappa shape index (κ1) is 12.4. The van der Waals surface area contributed by atoms with Crippen LogP contribution in [0.1, 0.15) is 31.7 Å². The third-order valence-electron chi connectivity index (χ3n) is 2.88. The van der Waals surface area contributed by atoms with Gasteiger partial charge in [-0.3, -0.25) is 0 Å². The molecule has 0 aliphatic carbocycles. The van der Waals surface area contributed by atoms with E-state index in [2.05, 4.69) is 0 Å². The van der Waals surface area contributed by atoms with Crippen molar-refractivity contribution in [2.75, 3.05) is 0 Å². The van der Waals surface area contributed by atoms with Crippen LogP contribution in [0.25, 0.3) is 10.9 Å². The molecule has 2 aromatic rings. The summed E-state index contributed by atoms with van der Waals surface area (Å²) in [6, 6.07) is 6.40. The van der Waals surface area contributed by atoms with E-state index in [0.29, 0.717) is 11.1 Å². The van der Waals surface area contributed by atoms with Crippen LogP contribution in [0.2, 0.25) is 0 Å². The maximum absolute atomic E-state index is 10.9. The van der Waals surface area contributed by atoms with Crippen molar-refractivity contribution in [3.05, 3.63) is 30.0 Å². The van der Waals surface area contributed by atoms with Gasteiger partial charge in [0.2, 0.25) is 0 Å². The van der Waals surface area contributed by atoms with Gasteiger partial charge in [0.05, 0.1) is 5.69 Å². The fraction of sp³-hybridized carbons (Fsp3) is 0.308. The monoisotopic (exact) mass is 249 g/mol. The van der Waals surface area contributed by atoms with Gasteiger partial charge in [0.15, 0.2) is 6.10 Å². The van der Waals surface area contributed by atoms with Crippen LogP contribution < -0.4 is 0 Å². The third-order valence-corrected chi connectivity index (χ3v) is 2.88. The zero-order chi connectivity index (χ0) is 13.4. The molecular formula is C13H15NO4. The van der Waals surface area contributed by atoms with Gasteiger partial charge in [0.1, 0.15) is 5.75 Å². The van der Waals surface area contributed by atoms with E-state index in [4.69, 9.17) is 5.11 Å². The van der Waals surface area contributed by atoms with Crippen molar-refractivity contribution in [3.63, 3.8) is 0 Å². The molecule has 1 heterocycles. The summed E-state index contributed by atoms with van der Waals surface area (Å²) in [5, 5.41) is 28.8. The highest BCUT2D eigenvalue weighted by molar-refractivity contribution is 5.85. The number of nitrogens with zero attached hydrogens (tertiary/aromatic N) is 1. The number of aliphatic hydroxyl groups excluding tert-OH is 1. The molecule has 3 N–H and O–H groups in total. The molecule has 18 heavy (non-hydrogen) atoms. The Morgan fingerprint density at radius 3 is 2.50 bits per heavy atom. The fourth-order valence-corrected chi connectivity index (χ4v) is 2.16. The maximum Gasteiger partial charge on any atom is 0.338 e. The van der Waals surface area contributed by atoms with Crippen molar-refractivity contribution in [1.29, 1.82) is 0 Å². The molecular weight excluding hydrogens is 234 g/mol. The van der Waals surface area contributed by atoms with Crippen LogP contribution in [0.5, 0.6) is 5.75 Å². The molecule has 96 valence electrons. The standard InChI is InChI=1S/C13H15NO4/c1-7(2)14-10-4-3-9(15)5-8(10)6-11(14)12(16)13(17)18/h3-7,12,15-16H,1-2H3,(H,17,18). The molecule has 0 bridgehead atoms. The Hall–Kier alpha value is -2.01. The molecule has 0 saturated carbocycles. The van der Waals surface area contributed by atoms with Crippen molar-refractivity contribution < 1.29 is 20.1 Å². The number of phenolic OH excluding ortho intramolecular Hbond substituents is 1. The Balaban J connectivity index is 2.72. The number of fused-ring (bicyclic) bond motifs is 1. The van der Waals surface area contributed by atoms with Crippen LogP contribution in [0.3, 0.4) is 0 Å². The summed E-state index contributed by atoms with van der Waals surface area (Å²) >= 11 is 0. The van der Waals surface area contributed by atoms with E-state index >= 15 is 0 Å². The molecule has 1 unspecified atom stereocenters. The summed E-state index contributed by atoms with van der Waals surface area (Å²) in [4.78, 5) is 10.9. The Morgan fingerprint density at radius 1 is 1.28 bits per heavy atom. The van der Waals surface area contributed by atoms with E-state index in [0.717, 1.165) is 5.52 Å². The largest absolute Gasteiger partial charge is 0.508 e. The zero-order valence-electron chi connectivity index (χ0n) is 10.2. The minimum atomic E-state index is -1.57. The molecule has 5 heteroatoms. The van der Waals surface area contributed by atoms with Gasteiger partial charge in [-0.2, -0.15) is 0 Å². The highest BCUT2D eigenvalue weighted by Gasteiger charge is 2.23. The van der Waals surface area contributed by atoms with E-state index in [-0.39, 0.29) is 11.8 Å². The Morgan fingerprint density at radius 2 is 1.94 bits per heavy atom. The van der Waals surface area contributed by atoms with E-state index in [1.807, 2.05) is 13.8 Å². The normalized spacial score (nSPS) is 13.1. The van der Waals surface area contributed by atoms with Crippen molar-refractivity contribution in [1.82, 2.24) is 4.57 Å². The van der Waals surface area contributed by atoms with Crippen LogP contribution in [-0.4, -0.2) is 25.9 Å². The topological polar surface area (TPSA) is 82.7 Å². The molecule has 5 nitrogen and oxygen atoms in total. The molecule has 1 atom stereocenters. The van der Waals surface area contributed by atoms with Crippen molar-refractivity contribution in [3.8, 4) is 5.75 Å². The number of aromatic nitrogens is 1. The van der Waals surface area contributed by atoms with Crippen molar-refractivity contribution >= 4 is 16.9 Å². The van der Waals surface area contributed by atoms with Crippen molar-refractivity contribution in [2.24, 2.45) is 0 Å². The minimum absolute atomic E-state index is 0.0102. The molecule has 0 aliphatic rings. The number of aliphatic hydroxyl groups is 1. The third kappa shape index (κ3) is 1.93. The number of carboxylic acids is 1. The number of hydrogen-bond acceptors (Lipinski definition) is 3. The lowest BCUT2D eigenvalue weighted by molar-refractivity contribution is -0.147. The van der Waals surface area contributed by atoms with Gasteiger partial charge in [-0.05, 0) is 38.1 Å². The lowest BCUT2D eigenvalue weighted by Crippen LogP contribution is -2.16. The predicted octanol–water partition coefficient (Wildman–Crippen LogP) is 2.05. The Labute approximate surface area is 104 Å². The molecule has 1 aromatic carbocycles. The van der Waals surface area contributed by atoms with Gasteiger partial charge in [-0.25, -0.2) is 4.79 Å². The molecule has 2 rings (SSSR count). The molecule has 0 saturated heterocycles. The summed E-state index contributed by atoms with van der Waals surface area (Å²) in [6.45, 7) is 3.81. The lowest BCUT2D eigenvalue weighted by Gasteiger charge is -2.16. The van der Waals surface area contributed by atoms with E-state index in [1.54, 1.807) is 22.8 Å². The van der Waals surface area contributed by atoms with Gasteiger partial charge >= 0.3 is 5.97 Å². The quantitative estimate of drug-likeness (QED) is 0.777. The number of hydrogen-bond donors (Lipinski definition) is 3. The van der Waals surface area contributed by atoms with Gasteiger partial charge in [0.25, 0.3) is 0 Å². The Bertz CT molecular complexity index is 600. The van der Waals surface area contributed by atoms with E-state index < -0.39 is 12.1 Å². The SMILES string of the molecule is CC(C)n1c(C(O)C(=O)O)cc2cc(O)ccc21. The average molecular weight is 249 g/mol. The molecule has 0 spiro atoms. The highest BCUT2D eigenvalue weighted by atomic mass is 16.4. The summed E-state index contributed by atoms with van der Waals surface area (Å²) in [6.07, 6.45) is -1.57. The number of phenols is 1. The summed E-state index contributed by atoms with van der Waals surface area (Å²) in [5.74, 6) is -1.18. The lowest BCUT2D eigenvalue weighted by atomic mass is 10.2. The zero-order valence-corrected chi connectivity index (χ0v) is 10.2. The van der Waals surface area contributed by atoms with Crippen LogP contribution >= 0.6 is 0 Å². The summed E-state index contributed by atoms with van der Waals surface area (Å²) in [7, 11) is 0. The number of aliphatic carboxylic acids is 1. The van der Waals surface area contributed by atoms with Crippen LogP contribution in [0, 0.1) is 0 Å². The number of carbonyl (C=O) groups is 1. The molecule has 0 fully saturated rings. The van der Waals surface area contributed by atoms with E-state index in [9.17, 15) is 15.0 Å². The van der Waals surface area contributed by atoms with Gasteiger partial charge in [-0.1, -0.05) is 0 Å². The average Bonchev–Trinajstić information content (AvgIpc) is 2.65. The number of rotatable bonds is 3. The van der Waals surface area contributed by atoms with Crippen LogP contribution in [-0.2, 0) is 4.79 Å². The second-order valence-electron chi connectivity index (χ2n) is 4.52. The first-order valence-electron chi connectivity index (χ1n) is 5.66. The smallest absolute Gasteiger partial charge is 0.338 e. The molecule has 1 aromatic heterocycles. The van der Waals surface area contributed by atoms with Gasteiger partial charge in [0, 0.05) is 16.9 Å². The van der Waals surface area contributed by atoms with Gasteiger partial charge in [-0.15, -0.1) is 0 Å². The maximum atomic E-state index is 10.9. The van der Waals surface area contributed by atoms with E-state index in [1.165, 1.54) is 6.07 Å². The fourth-order valence-electron chi connectivity index (χ4n) is 2.16. The van der Waals surface area contributed by atoms with Crippen LogP contribution in [0.4, 0.5) is 0 Å². The van der Waals surface area contributed by atoms with Gasteiger partial charge < -0.3 is 19.9 Å². The predicted molar refractivity (Wildman–Crippen MR) is 66.6 cm³/mol. The summed E-state index contributed by atoms with van der Waals surface area (Å²) in [5.41, 5.74) is 1.11. The van der Waals surface area contributed by atoms with Crippen LogP contribution in [0.15, 0.2) is 24.3 Å². The first-order valence-corrected chi connectivity index (χ1v) is 5.66. The second kappa shape index (κ2) is 4.34. The molecule has 0 aliphatic heterocycles. The number of aromatic hydroxyl groups is 1. The number of carboxylic acid groups (broad SMARTS) is 1. The molecule has 0 radical (unpaired) electrons. The summed E-state index contributed by atoms with van der Waals surface area (Å²) < 4.78 is 1.76. The first-order chi connectivity index (χ1) is 8.41. The number of benzene rings is 1. The second-order valence-corrected chi connectivity index (χ2v) is 4.52. The minimum Gasteiger partial charge on any atom is -0.508 e. The highest BCUT2D eigenvalue weighted by Crippen LogP contribution is 2.30. The Kier molecular flexibility index (Phi) is 3.00.